The summed E-state index contributed by atoms with van der Waals surface area (Å²) in [7, 11) is -3.40. The molecule has 7 nitrogen and oxygen atoms in total. The number of rotatable bonds is 6. The van der Waals surface area contributed by atoms with Crippen molar-refractivity contribution in [2.45, 2.75) is 46.5 Å². The van der Waals surface area contributed by atoms with Crippen LogP contribution < -0.4 is 0 Å². The highest BCUT2D eigenvalue weighted by atomic mass is 32.2. The minimum Gasteiger partial charge on any atom is -0.481 e. The lowest BCUT2D eigenvalue weighted by molar-refractivity contribution is -0.147. The lowest BCUT2D eigenvalue weighted by Gasteiger charge is -2.42. The van der Waals surface area contributed by atoms with Gasteiger partial charge in [-0.3, -0.25) is 9.59 Å². The molecule has 0 aliphatic carbocycles. The second-order valence-corrected chi connectivity index (χ2v) is 9.54. The standard InChI is InChI=1S/C17H30N2O5S/c1-4-13(5-2)15(20)18-9-7-17(8-10-18)12-19(25(23,24)6-3)11-14(17)16(21)22/h13-14H,4-12H2,1-3H3,(H,21,22). The molecule has 0 saturated carbocycles. The minimum atomic E-state index is -3.40. The van der Waals surface area contributed by atoms with E-state index in [2.05, 4.69) is 0 Å². The van der Waals surface area contributed by atoms with Crippen molar-refractivity contribution in [2.24, 2.45) is 17.3 Å². The molecule has 0 aromatic rings. The summed E-state index contributed by atoms with van der Waals surface area (Å²) in [5, 5.41) is 9.62. The van der Waals surface area contributed by atoms with Crippen LogP contribution in [0.15, 0.2) is 0 Å². The van der Waals surface area contributed by atoms with Crippen LogP contribution in [0.4, 0.5) is 0 Å². The number of carbonyl (C=O) groups is 2. The third kappa shape index (κ3) is 3.84. The van der Waals surface area contributed by atoms with Gasteiger partial charge in [-0.1, -0.05) is 13.8 Å². The number of carboxylic acid groups (broad SMARTS) is 1. The first-order valence-corrected chi connectivity index (χ1v) is 10.8. The van der Waals surface area contributed by atoms with Crippen molar-refractivity contribution in [1.29, 1.82) is 0 Å². The Labute approximate surface area is 150 Å². The largest absolute Gasteiger partial charge is 0.481 e. The second-order valence-electron chi connectivity index (χ2n) is 7.28. The van der Waals surface area contributed by atoms with Gasteiger partial charge in [-0.05, 0) is 32.6 Å². The molecule has 144 valence electrons. The van der Waals surface area contributed by atoms with Crippen molar-refractivity contribution >= 4 is 21.9 Å². The second kappa shape index (κ2) is 7.61. The van der Waals surface area contributed by atoms with E-state index >= 15 is 0 Å². The Kier molecular flexibility index (Phi) is 6.14. The fourth-order valence-corrected chi connectivity index (χ4v) is 5.43. The lowest BCUT2D eigenvalue weighted by atomic mass is 9.70. The van der Waals surface area contributed by atoms with Crippen molar-refractivity contribution in [1.82, 2.24) is 9.21 Å². The highest BCUT2D eigenvalue weighted by Crippen LogP contribution is 2.46. The van der Waals surface area contributed by atoms with E-state index in [0.717, 1.165) is 12.8 Å². The SMILES string of the molecule is CCC(CC)C(=O)N1CCC2(CC1)CN(S(=O)(=O)CC)CC2C(=O)O. The average molecular weight is 375 g/mol. The summed E-state index contributed by atoms with van der Waals surface area (Å²) in [5.74, 6) is -1.49. The Bertz CT molecular complexity index is 607. The molecule has 25 heavy (non-hydrogen) atoms. The quantitative estimate of drug-likeness (QED) is 0.758. The van der Waals surface area contributed by atoms with Crippen LogP contribution in [0.3, 0.4) is 0 Å². The van der Waals surface area contributed by atoms with Crippen LogP contribution in [0.1, 0.15) is 46.5 Å². The summed E-state index contributed by atoms with van der Waals surface area (Å²) >= 11 is 0. The van der Waals surface area contributed by atoms with E-state index in [1.54, 1.807) is 6.92 Å². The summed E-state index contributed by atoms with van der Waals surface area (Å²) in [6.45, 7) is 6.91. The molecule has 2 rings (SSSR count). The summed E-state index contributed by atoms with van der Waals surface area (Å²) in [6.07, 6.45) is 2.70. The molecule has 8 heteroatoms. The zero-order chi connectivity index (χ0) is 18.8. The Morgan fingerprint density at radius 1 is 1.16 bits per heavy atom. The predicted molar refractivity (Wildman–Crippen MR) is 94.5 cm³/mol. The average Bonchev–Trinajstić information content (AvgIpc) is 2.96. The van der Waals surface area contributed by atoms with Gasteiger partial charge in [0.2, 0.25) is 15.9 Å². The zero-order valence-corrected chi connectivity index (χ0v) is 16.2. The number of likely N-dealkylation sites (tertiary alicyclic amines) is 1. The van der Waals surface area contributed by atoms with Gasteiger partial charge in [-0.15, -0.1) is 0 Å². The fourth-order valence-electron chi connectivity index (χ4n) is 4.23. The topological polar surface area (TPSA) is 95.0 Å². The van der Waals surface area contributed by atoms with Gasteiger partial charge in [-0.2, -0.15) is 0 Å². The third-order valence-corrected chi connectivity index (χ3v) is 7.87. The van der Waals surface area contributed by atoms with Gasteiger partial charge in [0.15, 0.2) is 0 Å². The number of aliphatic carboxylic acids is 1. The molecule has 0 radical (unpaired) electrons. The van der Waals surface area contributed by atoms with E-state index in [4.69, 9.17) is 0 Å². The van der Waals surface area contributed by atoms with Crippen LogP contribution in [0.25, 0.3) is 0 Å². The Morgan fingerprint density at radius 3 is 2.16 bits per heavy atom. The van der Waals surface area contributed by atoms with E-state index in [-0.39, 0.29) is 30.7 Å². The molecule has 1 amide bonds. The molecule has 0 bridgehead atoms. The maximum atomic E-state index is 12.6. The number of nitrogens with zero attached hydrogens (tertiary/aromatic N) is 2. The van der Waals surface area contributed by atoms with Gasteiger partial charge in [-0.25, -0.2) is 12.7 Å². The molecule has 0 aromatic carbocycles. The van der Waals surface area contributed by atoms with Crippen LogP contribution in [0.2, 0.25) is 0 Å². The molecule has 0 aromatic heterocycles. The van der Waals surface area contributed by atoms with Gasteiger partial charge < -0.3 is 10.0 Å². The maximum Gasteiger partial charge on any atom is 0.308 e. The number of hydrogen-bond acceptors (Lipinski definition) is 4. The van der Waals surface area contributed by atoms with Crippen molar-refractivity contribution in [2.75, 3.05) is 31.9 Å². The molecule has 1 atom stereocenters. The minimum absolute atomic E-state index is 0.0184. The number of carboxylic acids is 1. The Balaban J connectivity index is 2.14. The van der Waals surface area contributed by atoms with E-state index in [1.165, 1.54) is 4.31 Å². The summed E-state index contributed by atoms with van der Waals surface area (Å²) < 4.78 is 25.7. The van der Waals surface area contributed by atoms with Gasteiger partial charge in [0.1, 0.15) is 0 Å². The molecule has 1 N–H and O–H groups in total. The van der Waals surface area contributed by atoms with E-state index in [1.807, 2.05) is 18.7 Å². The highest BCUT2D eigenvalue weighted by Gasteiger charge is 2.54. The van der Waals surface area contributed by atoms with Crippen LogP contribution in [-0.4, -0.2) is 66.5 Å². The Hall–Kier alpha value is -1.15. The molecule has 2 heterocycles. The summed E-state index contributed by atoms with van der Waals surface area (Å²) in [5.41, 5.74) is -0.557. The Morgan fingerprint density at radius 2 is 1.72 bits per heavy atom. The molecular formula is C17H30N2O5S. The summed E-state index contributed by atoms with van der Waals surface area (Å²) in [6, 6.07) is 0. The van der Waals surface area contributed by atoms with Crippen LogP contribution in [-0.2, 0) is 19.6 Å². The molecule has 2 fully saturated rings. The highest BCUT2D eigenvalue weighted by molar-refractivity contribution is 7.89. The molecule has 2 aliphatic heterocycles. The fraction of sp³-hybridized carbons (Fsp3) is 0.882. The van der Waals surface area contributed by atoms with E-state index in [0.29, 0.717) is 25.9 Å². The van der Waals surface area contributed by atoms with Crippen molar-refractivity contribution in [3.8, 4) is 0 Å². The van der Waals surface area contributed by atoms with Gasteiger partial charge in [0.05, 0.1) is 11.7 Å². The first-order valence-electron chi connectivity index (χ1n) is 9.20. The molecule has 1 spiro atoms. The zero-order valence-electron chi connectivity index (χ0n) is 15.4. The van der Waals surface area contributed by atoms with Crippen LogP contribution in [0, 0.1) is 17.3 Å². The first kappa shape index (κ1) is 20.2. The number of piperidine rings is 1. The lowest BCUT2D eigenvalue weighted by Crippen LogP contribution is -2.49. The molecular weight excluding hydrogens is 344 g/mol. The number of carbonyl (C=O) groups excluding carboxylic acids is 1. The number of amides is 1. The van der Waals surface area contributed by atoms with Crippen molar-refractivity contribution < 1.29 is 23.1 Å². The van der Waals surface area contributed by atoms with E-state index in [9.17, 15) is 23.1 Å². The first-order chi connectivity index (χ1) is 11.7. The van der Waals surface area contributed by atoms with Crippen molar-refractivity contribution in [3.63, 3.8) is 0 Å². The van der Waals surface area contributed by atoms with Gasteiger partial charge in [0.25, 0.3) is 0 Å². The predicted octanol–water partition coefficient (Wildman–Crippen LogP) is 1.40. The molecule has 2 aliphatic rings. The molecule has 2 saturated heterocycles. The van der Waals surface area contributed by atoms with Gasteiger partial charge in [0, 0.05) is 37.5 Å². The van der Waals surface area contributed by atoms with Gasteiger partial charge >= 0.3 is 5.97 Å². The molecule has 1 unspecified atom stereocenters. The number of sulfonamides is 1. The summed E-state index contributed by atoms with van der Waals surface area (Å²) in [4.78, 5) is 26.1. The normalized spacial score (nSPS) is 24.2. The van der Waals surface area contributed by atoms with Crippen LogP contribution >= 0.6 is 0 Å². The van der Waals surface area contributed by atoms with Crippen LogP contribution in [0.5, 0.6) is 0 Å². The van der Waals surface area contributed by atoms with Crippen molar-refractivity contribution in [3.05, 3.63) is 0 Å². The van der Waals surface area contributed by atoms with E-state index < -0.39 is 27.3 Å². The number of hydrogen-bond donors (Lipinski definition) is 1. The smallest absolute Gasteiger partial charge is 0.308 e. The maximum absolute atomic E-state index is 12.6. The third-order valence-electron chi connectivity index (χ3n) is 6.08. The monoisotopic (exact) mass is 374 g/mol.